The van der Waals surface area contributed by atoms with E-state index >= 15 is 0 Å². The third-order valence-electron chi connectivity index (χ3n) is 2.24. The zero-order chi connectivity index (χ0) is 8.93. The van der Waals surface area contributed by atoms with Gasteiger partial charge >= 0.3 is 0 Å². The first-order valence-electron chi connectivity index (χ1n) is 4.65. The van der Waals surface area contributed by atoms with Crippen LogP contribution in [-0.4, -0.2) is 13.0 Å². The number of nitrogens with zero attached hydrogens (tertiary/aromatic N) is 1. The molecule has 0 amide bonds. The fourth-order valence-electron chi connectivity index (χ4n) is 1.53. The lowest BCUT2D eigenvalue weighted by Gasteiger charge is -2.08. The number of hydrogen-bond acceptors (Lipinski definition) is 2. The Bertz CT molecular complexity index is 281. The minimum absolute atomic E-state index is 0.295. The Kier molecular flexibility index (Phi) is 2.60. The molecule has 0 fully saturated rings. The second kappa shape index (κ2) is 4.08. The van der Waals surface area contributed by atoms with Crippen LogP contribution in [0.4, 0.5) is 0 Å². The van der Waals surface area contributed by atoms with Gasteiger partial charge in [0.05, 0.1) is 12.6 Å². The first kappa shape index (κ1) is 8.30. The second-order valence-corrected chi connectivity index (χ2v) is 3.19. The highest BCUT2D eigenvalue weighted by Gasteiger charge is 2.10. The first-order valence-corrected chi connectivity index (χ1v) is 4.65. The summed E-state index contributed by atoms with van der Waals surface area (Å²) in [5.74, 6) is 0. The monoisotopic (exact) mass is 175 g/mol. The summed E-state index contributed by atoms with van der Waals surface area (Å²) in [6.45, 7) is 0.798. The molecule has 13 heavy (non-hydrogen) atoms. The summed E-state index contributed by atoms with van der Waals surface area (Å²) in [6, 6.07) is 10.7. The molecule has 1 aliphatic heterocycles. The largest absolute Gasteiger partial charge is 0.483 e. The molecule has 0 aromatic heterocycles. The second-order valence-electron chi connectivity index (χ2n) is 3.19. The fraction of sp³-hybridized carbons (Fsp3) is 0.364. The Morgan fingerprint density at radius 3 is 2.92 bits per heavy atom. The van der Waals surface area contributed by atoms with Crippen molar-refractivity contribution in [1.29, 1.82) is 0 Å². The summed E-state index contributed by atoms with van der Waals surface area (Å²) < 4.78 is 5.15. The summed E-state index contributed by atoms with van der Waals surface area (Å²) in [4.78, 5) is 4.35. The first-order chi connectivity index (χ1) is 6.47. The van der Waals surface area contributed by atoms with Crippen LogP contribution in [0.2, 0.25) is 0 Å². The molecule has 1 atom stereocenters. The van der Waals surface area contributed by atoms with Crippen LogP contribution in [0.25, 0.3) is 0 Å². The van der Waals surface area contributed by atoms with E-state index in [4.69, 9.17) is 4.74 Å². The molecule has 0 aliphatic carbocycles. The van der Waals surface area contributed by atoms with Gasteiger partial charge in [0.1, 0.15) is 0 Å². The average Bonchev–Trinajstić information content (AvgIpc) is 2.47. The van der Waals surface area contributed by atoms with Crippen molar-refractivity contribution in [2.75, 3.05) is 6.61 Å². The maximum absolute atomic E-state index is 5.15. The van der Waals surface area contributed by atoms with E-state index in [1.54, 1.807) is 6.40 Å². The van der Waals surface area contributed by atoms with Gasteiger partial charge in [0.2, 0.25) is 0 Å². The van der Waals surface area contributed by atoms with Crippen LogP contribution >= 0.6 is 0 Å². The van der Waals surface area contributed by atoms with Gasteiger partial charge in [-0.25, -0.2) is 0 Å². The molecule has 68 valence electrons. The summed E-state index contributed by atoms with van der Waals surface area (Å²) >= 11 is 0. The van der Waals surface area contributed by atoms with Gasteiger partial charge < -0.3 is 4.74 Å². The molecule has 1 aliphatic rings. The molecule has 1 heterocycles. The number of ether oxygens (including phenoxy) is 1. The molecule has 1 aromatic carbocycles. The molecule has 0 saturated heterocycles. The van der Waals surface area contributed by atoms with E-state index in [0.717, 1.165) is 19.4 Å². The minimum atomic E-state index is 0.295. The zero-order valence-corrected chi connectivity index (χ0v) is 7.52. The van der Waals surface area contributed by atoms with Crippen molar-refractivity contribution in [3.63, 3.8) is 0 Å². The Labute approximate surface area is 78.3 Å². The lowest BCUT2D eigenvalue weighted by atomic mass is 10.0. The molecule has 0 saturated carbocycles. The summed E-state index contributed by atoms with van der Waals surface area (Å²) in [6.07, 6.45) is 3.75. The van der Waals surface area contributed by atoms with Gasteiger partial charge in [-0.05, 0) is 18.4 Å². The van der Waals surface area contributed by atoms with Crippen LogP contribution in [0.5, 0.6) is 0 Å². The fourth-order valence-corrected chi connectivity index (χ4v) is 1.53. The van der Waals surface area contributed by atoms with Crippen molar-refractivity contribution in [1.82, 2.24) is 0 Å². The van der Waals surface area contributed by atoms with E-state index in [0.29, 0.717) is 6.04 Å². The van der Waals surface area contributed by atoms with E-state index in [1.165, 1.54) is 5.56 Å². The maximum Gasteiger partial charge on any atom is 0.169 e. The molecule has 1 aromatic rings. The molecule has 0 radical (unpaired) electrons. The number of hydrogen-bond donors (Lipinski definition) is 0. The standard InChI is InChI=1S/C11H13NO/c1-2-5-10(6-3-1)11-7-4-8-13-9-12-11/h1-3,5-6,9,11H,4,7-8H2. The third kappa shape index (κ3) is 2.08. The minimum Gasteiger partial charge on any atom is -0.483 e. The van der Waals surface area contributed by atoms with Crippen LogP contribution in [0, 0.1) is 0 Å². The summed E-state index contributed by atoms with van der Waals surface area (Å²) in [5, 5.41) is 0. The normalized spacial score (nSPS) is 22.0. The Hall–Kier alpha value is -1.31. The molecule has 2 nitrogen and oxygen atoms in total. The Balaban J connectivity index is 2.15. The molecule has 2 heteroatoms. The van der Waals surface area contributed by atoms with Crippen LogP contribution in [0.15, 0.2) is 35.3 Å². The number of benzene rings is 1. The van der Waals surface area contributed by atoms with Gasteiger partial charge in [-0.2, -0.15) is 0 Å². The zero-order valence-electron chi connectivity index (χ0n) is 7.52. The van der Waals surface area contributed by atoms with Gasteiger partial charge in [-0.15, -0.1) is 0 Å². The lowest BCUT2D eigenvalue weighted by Crippen LogP contribution is -1.94. The highest BCUT2D eigenvalue weighted by atomic mass is 16.5. The van der Waals surface area contributed by atoms with Crippen molar-refractivity contribution in [2.24, 2.45) is 4.99 Å². The van der Waals surface area contributed by atoms with E-state index < -0.39 is 0 Å². The van der Waals surface area contributed by atoms with Crippen LogP contribution < -0.4 is 0 Å². The van der Waals surface area contributed by atoms with Gasteiger partial charge in [-0.1, -0.05) is 30.3 Å². The van der Waals surface area contributed by atoms with E-state index in [2.05, 4.69) is 29.3 Å². The number of rotatable bonds is 1. The smallest absolute Gasteiger partial charge is 0.169 e. The van der Waals surface area contributed by atoms with E-state index in [9.17, 15) is 0 Å². The van der Waals surface area contributed by atoms with Gasteiger partial charge in [0.15, 0.2) is 6.40 Å². The quantitative estimate of drug-likeness (QED) is 0.642. The van der Waals surface area contributed by atoms with Crippen molar-refractivity contribution < 1.29 is 4.74 Å². The highest BCUT2D eigenvalue weighted by molar-refractivity contribution is 5.47. The molecule has 2 rings (SSSR count). The van der Waals surface area contributed by atoms with E-state index in [-0.39, 0.29) is 0 Å². The topological polar surface area (TPSA) is 21.6 Å². The lowest BCUT2D eigenvalue weighted by molar-refractivity contribution is 0.317. The number of aliphatic imine (C=N–C) groups is 1. The SMILES string of the molecule is C1=NC(c2ccccc2)CCCO1. The van der Waals surface area contributed by atoms with Crippen LogP contribution in [0.3, 0.4) is 0 Å². The molecule has 1 unspecified atom stereocenters. The predicted octanol–water partition coefficient (Wildman–Crippen LogP) is 2.57. The molecule has 0 spiro atoms. The third-order valence-corrected chi connectivity index (χ3v) is 2.24. The van der Waals surface area contributed by atoms with Gasteiger partial charge in [0.25, 0.3) is 0 Å². The predicted molar refractivity (Wildman–Crippen MR) is 52.9 cm³/mol. The highest BCUT2D eigenvalue weighted by Crippen LogP contribution is 2.23. The van der Waals surface area contributed by atoms with Gasteiger partial charge in [0, 0.05) is 0 Å². The Morgan fingerprint density at radius 1 is 1.23 bits per heavy atom. The molecular formula is C11H13NO. The van der Waals surface area contributed by atoms with Gasteiger partial charge in [-0.3, -0.25) is 4.99 Å². The summed E-state index contributed by atoms with van der Waals surface area (Å²) in [5.41, 5.74) is 1.28. The Morgan fingerprint density at radius 2 is 2.08 bits per heavy atom. The van der Waals surface area contributed by atoms with Crippen molar-refractivity contribution in [3.05, 3.63) is 35.9 Å². The molecule has 0 N–H and O–H groups in total. The van der Waals surface area contributed by atoms with Crippen LogP contribution in [-0.2, 0) is 4.74 Å². The molecular weight excluding hydrogens is 162 g/mol. The average molecular weight is 175 g/mol. The van der Waals surface area contributed by atoms with Crippen LogP contribution in [0.1, 0.15) is 24.4 Å². The maximum atomic E-state index is 5.15. The summed E-state index contributed by atoms with van der Waals surface area (Å²) in [7, 11) is 0. The van der Waals surface area contributed by atoms with E-state index in [1.807, 2.05) is 6.07 Å². The van der Waals surface area contributed by atoms with Crippen molar-refractivity contribution >= 4 is 6.40 Å². The van der Waals surface area contributed by atoms with Crippen molar-refractivity contribution in [3.8, 4) is 0 Å². The molecule has 0 bridgehead atoms. The van der Waals surface area contributed by atoms with Crippen molar-refractivity contribution in [2.45, 2.75) is 18.9 Å².